The lowest BCUT2D eigenvalue weighted by molar-refractivity contribution is 0.0647. The number of carbonyl (C=O) groups is 1. The third-order valence-electron chi connectivity index (χ3n) is 11.9. The molecular formula is C36H41N5O3S. The fourth-order valence-electron chi connectivity index (χ4n) is 9.39. The summed E-state index contributed by atoms with van der Waals surface area (Å²) < 4.78 is 25.9. The van der Waals surface area contributed by atoms with E-state index >= 15 is 0 Å². The van der Waals surface area contributed by atoms with Gasteiger partial charge in [-0.25, -0.2) is 18.5 Å². The van der Waals surface area contributed by atoms with Gasteiger partial charge in [0, 0.05) is 36.3 Å². The fraction of sp³-hybridized carbons (Fsp3) is 0.444. The fourth-order valence-corrected chi connectivity index (χ4v) is 9.91. The summed E-state index contributed by atoms with van der Waals surface area (Å²) >= 11 is 0. The van der Waals surface area contributed by atoms with Crippen molar-refractivity contribution in [1.82, 2.24) is 19.4 Å². The maximum atomic E-state index is 13.4. The third-order valence-corrected chi connectivity index (χ3v) is 12.8. The molecule has 2 saturated carbocycles. The Bertz CT molecular complexity index is 1860. The molecule has 234 valence electrons. The molecule has 3 heterocycles. The van der Waals surface area contributed by atoms with Crippen LogP contribution in [0.3, 0.4) is 0 Å². The molecule has 4 aromatic rings. The zero-order valence-electron chi connectivity index (χ0n) is 25.8. The normalized spacial score (nSPS) is 28.6. The van der Waals surface area contributed by atoms with Crippen molar-refractivity contribution in [2.45, 2.75) is 79.8 Å². The number of sulfonamides is 1. The van der Waals surface area contributed by atoms with E-state index in [0.717, 1.165) is 43.1 Å². The van der Waals surface area contributed by atoms with Crippen LogP contribution in [0.4, 0.5) is 0 Å². The number of amides is 1. The SMILES string of the molecule is Cc1nc2ccccc2n1[C@@H]1CC2CCC23C(C1)N3CCC1(c2ccccc2)CCN(C(=O)c2ccc(S(N)(=O)=O)cc2)CC1. The van der Waals surface area contributed by atoms with Crippen molar-refractivity contribution >= 4 is 27.0 Å². The number of imidazole rings is 1. The highest BCUT2D eigenvalue weighted by Crippen LogP contribution is 2.66. The van der Waals surface area contributed by atoms with Gasteiger partial charge in [0.05, 0.1) is 15.9 Å². The molecule has 8 rings (SSSR count). The number of benzene rings is 3. The van der Waals surface area contributed by atoms with E-state index in [1.54, 1.807) is 12.1 Å². The molecule has 0 bridgehead atoms. The summed E-state index contributed by atoms with van der Waals surface area (Å²) in [5.41, 5.74) is 4.66. The van der Waals surface area contributed by atoms with Gasteiger partial charge in [-0.2, -0.15) is 0 Å². The number of primary sulfonamides is 1. The van der Waals surface area contributed by atoms with Crippen LogP contribution in [0.2, 0.25) is 0 Å². The number of hydrogen-bond donors (Lipinski definition) is 1. The standard InChI is InChI=1S/C36H41N5O3S/c1-25-38-31-9-5-6-10-32(31)41(25)29-23-28-15-16-36(28)33(24-29)40(36)22-19-35(27-7-3-2-4-8-27)17-20-39(21-18-35)34(42)26-11-13-30(14-12-26)45(37,43)44/h2-14,28-29,33H,15-24H2,1H3,(H2,37,43,44)/t28?,29-,33?,36?,40?/m1/s1. The van der Waals surface area contributed by atoms with E-state index in [9.17, 15) is 13.2 Å². The Morgan fingerprint density at radius 2 is 1.64 bits per heavy atom. The van der Waals surface area contributed by atoms with Crippen LogP contribution in [0.25, 0.3) is 11.0 Å². The molecule has 1 aromatic heterocycles. The van der Waals surface area contributed by atoms with Crippen molar-refractivity contribution in [3.05, 3.63) is 95.8 Å². The van der Waals surface area contributed by atoms with Crippen LogP contribution >= 0.6 is 0 Å². The van der Waals surface area contributed by atoms with Crippen molar-refractivity contribution in [3.8, 4) is 0 Å². The topological polar surface area (TPSA) is 101 Å². The van der Waals surface area contributed by atoms with Gasteiger partial charge in [-0.05, 0) is 112 Å². The predicted octanol–water partition coefficient (Wildman–Crippen LogP) is 5.42. The second-order valence-electron chi connectivity index (χ2n) is 13.8. The molecule has 2 aliphatic heterocycles. The third kappa shape index (κ3) is 4.65. The Balaban J connectivity index is 0.980. The van der Waals surface area contributed by atoms with Crippen LogP contribution < -0.4 is 5.14 Å². The number of fused-ring (bicyclic) bond motifs is 1. The summed E-state index contributed by atoms with van der Waals surface area (Å²) in [5, 5.41) is 5.25. The smallest absolute Gasteiger partial charge is 0.253 e. The summed E-state index contributed by atoms with van der Waals surface area (Å²) in [7, 11) is -3.79. The molecule has 4 unspecified atom stereocenters. The molecule has 8 nitrogen and oxygen atoms in total. The summed E-state index contributed by atoms with van der Waals surface area (Å²) in [5.74, 6) is 1.83. The molecule has 1 amide bonds. The van der Waals surface area contributed by atoms with Crippen LogP contribution in [0.1, 0.15) is 72.7 Å². The average Bonchev–Trinajstić information content (AvgIpc) is 3.60. The monoisotopic (exact) mass is 623 g/mol. The Kier molecular flexibility index (Phi) is 6.75. The first-order valence-corrected chi connectivity index (χ1v) is 17.9. The van der Waals surface area contributed by atoms with Gasteiger partial charge >= 0.3 is 0 Å². The summed E-state index contributed by atoms with van der Waals surface area (Å²) in [6.07, 6.45) is 8.00. The number of likely N-dealkylation sites (tertiary alicyclic amines) is 2. The van der Waals surface area contributed by atoms with Gasteiger partial charge in [-0.1, -0.05) is 42.5 Å². The molecule has 5 atom stereocenters. The van der Waals surface area contributed by atoms with Crippen molar-refractivity contribution < 1.29 is 13.2 Å². The van der Waals surface area contributed by atoms with Crippen LogP contribution in [0, 0.1) is 12.8 Å². The molecule has 1 spiro atoms. The van der Waals surface area contributed by atoms with Gasteiger partial charge in [-0.3, -0.25) is 9.69 Å². The molecule has 4 fully saturated rings. The highest BCUT2D eigenvalue weighted by Gasteiger charge is 2.72. The molecule has 4 aliphatic rings. The van der Waals surface area contributed by atoms with E-state index < -0.39 is 10.0 Å². The number of rotatable bonds is 7. The van der Waals surface area contributed by atoms with Crippen LogP contribution in [0.5, 0.6) is 0 Å². The van der Waals surface area contributed by atoms with Gasteiger partial charge in [0.25, 0.3) is 5.91 Å². The second kappa shape index (κ2) is 10.5. The molecule has 45 heavy (non-hydrogen) atoms. The van der Waals surface area contributed by atoms with E-state index in [2.05, 4.69) is 71.0 Å². The molecule has 2 aliphatic carbocycles. The highest BCUT2D eigenvalue weighted by atomic mass is 32.2. The number of piperidine rings is 1. The number of aromatic nitrogens is 2. The molecule has 9 heteroatoms. The van der Waals surface area contributed by atoms with Crippen LogP contribution in [-0.2, 0) is 15.4 Å². The minimum atomic E-state index is -3.79. The second-order valence-corrected chi connectivity index (χ2v) is 15.4. The Labute approximate surface area is 265 Å². The van der Waals surface area contributed by atoms with E-state index in [0.29, 0.717) is 36.3 Å². The summed E-state index contributed by atoms with van der Waals surface area (Å²) in [6, 6.07) is 26.6. The molecule has 3 aromatic carbocycles. The van der Waals surface area contributed by atoms with E-state index in [1.165, 1.54) is 48.9 Å². The molecule has 2 N–H and O–H groups in total. The molecular weight excluding hydrogens is 582 g/mol. The number of aryl methyl sites for hydroxylation is 1. The Morgan fingerprint density at radius 1 is 0.933 bits per heavy atom. The van der Waals surface area contributed by atoms with Crippen molar-refractivity contribution in [3.63, 3.8) is 0 Å². The Hall–Kier alpha value is -3.53. The number of carbonyl (C=O) groups excluding carboxylic acids is 1. The number of hydrogen-bond acceptors (Lipinski definition) is 5. The number of para-hydroxylation sites is 2. The maximum absolute atomic E-state index is 13.4. The van der Waals surface area contributed by atoms with Crippen molar-refractivity contribution in [2.75, 3.05) is 19.6 Å². The van der Waals surface area contributed by atoms with Gasteiger partial charge in [0.2, 0.25) is 10.0 Å². The first-order valence-electron chi connectivity index (χ1n) is 16.4. The Morgan fingerprint density at radius 3 is 2.33 bits per heavy atom. The van der Waals surface area contributed by atoms with Gasteiger partial charge in [-0.15, -0.1) is 0 Å². The summed E-state index contributed by atoms with van der Waals surface area (Å²) in [4.78, 5) is 23.1. The van der Waals surface area contributed by atoms with Gasteiger partial charge in [0.15, 0.2) is 0 Å². The molecule has 0 radical (unpaired) electrons. The zero-order chi connectivity index (χ0) is 31.0. The highest BCUT2D eigenvalue weighted by molar-refractivity contribution is 7.89. The lowest BCUT2D eigenvalue weighted by atomic mass is 9.63. The predicted molar refractivity (Wildman–Crippen MR) is 174 cm³/mol. The zero-order valence-corrected chi connectivity index (χ0v) is 26.6. The van der Waals surface area contributed by atoms with Crippen molar-refractivity contribution in [2.24, 2.45) is 11.1 Å². The number of nitrogens with two attached hydrogens (primary N) is 1. The quantitative estimate of drug-likeness (QED) is 0.277. The van der Waals surface area contributed by atoms with E-state index in [1.807, 2.05) is 4.90 Å². The maximum Gasteiger partial charge on any atom is 0.253 e. The van der Waals surface area contributed by atoms with Gasteiger partial charge in [0.1, 0.15) is 5.82 Å². The summed E-state index contributed by atoms with van der Waals surface area (Å²) in [6.45, 7) is 4.61. The van der Waals surface area contributed by atoms with E-state index in [-0.39, 0.29) is 16.2 Å². The van der Waals surface area contributed by atoms with Crippen molar-refractivity contribution in [1.29, 1.82) is 0 Å². The first-order chi connectivity index (χ1) is 21.7. The lowest BCUT2D eigenvalue weighted by Gasteiger charge is -2.45. The first kappa shape index (κ1) is 28.9. The van der Waals surface area contributed by atoms with Gasteiger partial charge < -0.3 is 9.47 Å². The number of nitrogens with zero attached hydrogens (tertiary/aromatic N) is 4. The minimum absolute atomic E-state index is 0.0180. The van der Waals surface area contributed by atoms with Crippen LogP contribution in [-0.4, -0.2) is 64.9 Å². The minimum Gasteiger partial charge on any atom is -0.339 e. The van der Waals surface area contributed by atoms with Crippen LogP contribution in [0.15, 0.2) is 83.8 Å². The molecule has 2 saturated heterocycles. The average molecular weight is 624 g/mol. The van der Waals surface area contributed by atoms with E-state index in [4.69, 9.17) is 10.1 Å². The largest absolute Gasteiger partial charge is 0.339 e. The lowest BCUT2D eigenvalue weighted by Crippen LogP contribution is -2.47.